The first-order valence-electron chi connectivity index (χ1n) is 7.69. The number of carbonyl (C=O) groups excluding carboxylic acids is 1. The third-order valence-corrected chi connectivity index (χ3v) is 4.78. The Hall–Kier alpha value is -0.610. The lowest BCUT2D eigenvalue weighted by molar-refractivity contribution is -0.148. The molecule has 0 aromatic carbocycles. The Bertz CT molecular complexity index is 321. The van der Waals surface area contributed by atoms with Crippen LogP contribution in [-0.2, 0) is 9.53 Å². The van der Waals surface area contributed by atoms with Crippen LogP contribution in [0.25, 0.3) is 0 Å². The Morgan fingerprint density at radius 2 is 2.26 bits per heavy atom. The molecule has 110 valence electrons. The molecule has 0 spiro atoms. The molecular formula is C15H28N2O2. The van der Waals surface area contributed by atoms with Crippen molar-refractivity contribution in [2.45, 2.75) is 57.5 Å². The number of likely N-dealkylation sites (N-methyl/N-ethyl adjacent to an activating group) is 1. The summed E-state index contributed by atoms with van der Waals surface area (Å²) in [5.41, 5.74) is -0.436. The molecule has 19 heavy (non-hydrogen) atoms. The van der Waals surface area contributed by atoms with Gasteiger partial charge in [0.15, 0.2) is 0 Å². The van der Waals surface area contributed by atoms with Gasteiger partial charge in [-0.1, -0.05) is 13.8 Å². The second-order valence-electron chi connectivity index (χ2n) is 6.24. The first-order valence-corrected chi connectivity index (χ1v) is 7.69. The molecule has 1 heterocycles. The van der Waals surface area contributed by atoms with Gasteiger partial charge in [0.1, 0.15) is 5.54 Å². The molecule has 1 N–H and O–H groups in total. The smallest absolute Gasteiger partial charge is 0.326 e. The molecule has 0 aromatic rings. The Balaban J connectivity index is 2.01. The summed E-state index contributed by atoms with van der Waals surface area (Å²) in [4.78, 5) is 14.7. The summed E-state index contributed by atoms with van der Waals surface area (Å²) in [6.07, 6.45) is 5.56. The quantitative estimate of drug-likeness (QED) is 0.789. The maximum atomic E-state index is 12.1. The third kappa shape index (κ3) is 3.11. The molecule has 2 rings (SSSR count). The van der Waals surface area contributed by atoms with Crippen molar-refractivity contribution in [1.82, 2.24) is 10.2 Å². The van der Waals surface area contributed by atoms with Crippen LogP contribution in [-0.4, -0.2) is 49.2 Å². The predicted molar refractivity (Wildman–Crippen MR) is 76.0 cm³/mol. The van der Waals surface area contributed by atoms with Crippen LogP contribution in [0.15, 0.2) is 0 Å². The summed E-state index contributed by atoms with van der Waals surface area (Å²) >= 11 is 0. The molecule has 4 heteroatoms. The van der Waals surface area contributed by atoms with Crippen molar-refractivity contribution < 1.29 is 9.53 Å². The van der Waals surface area contributed by atoms with Gasteiger partial charge in [0.25, 0.3) is 0 Å². The van der Waals surface area contributed by atoms with E-state index in [-0.39, 0.29) is 5.97 Å². The minimum Gasteiger partial charge on any atom is -0.468 e. The zero-order valence-electron chi connectivity index (χ0n) is 12.6. The molecule has 4 nitrogen and oxygen atoms in total. The minimum absolute atomic E-state index is 0.0816. The molecule has 0 bridgehead atoms. The molecular weight excluding hydrogens is 240 g/mol. The molecule has 1 saturated heterocycles. The van der Waals surface area contributed by atoms with E-state index < -0.39 is 5.54 Å². The van der Waals surface area contributed by atoms with Crippen LogP contribution in [0, 0.1) is 5.92 Å². The lowest BCUT2D eigenvalue weighted by Crippen LogP contribution is -2.52. The Labute approximate surface area is 116 Å². The van der Waals surface area contributed by atoms with Crippen LogP contribution >= 0.6 is 0 Å². The molecule has 3 unspecified atom stereocenters. The average molecular weight is 268 g/mol. The molecule has 3 atom stereocenters. The minimum atomic E-state index is -0.436. The van der Waals surface area contributed by atoms with Crippen molar-refractivity contribution >= 4 is 5.97 Å². The van der Waals surface area contributed by atoms with E-state index in [1.54, 1.807) is 0 Å². The second kappa shape index (κ2) is 6.23. The van der Waals surface area contributed by atoms with Gasteiger partial charge in [0.05, 0.1) is 7.11 Å². The van der Waals surface area contributed by atoms with E-state index in [2.05, 4.69) is 24.1 Å². The fourth-order valence-corrected chi connectivity index (χ4v) is 3.84. The highest BCUT2D eigenvalue weighted by molar-refractivity contribution is 5.81. The van der Waals surface area contributed by atoms with Crippen molar-refractivity contribution in [2.24, 2.45) is 5.92 Å². The number of hydrogen-bond acceptors (Lipinski definition) is 4. The maximum Gasteiger partial charge on any atom is 0.326 e. The first-order chi connectivity index (χ1) is 9.11. The van der Waals surface area contributed by atoms with Gasteiger partial charge < -0.3 is 15.0 Å². The van der Waals surface area contributed by atoms with Crippen LogP contribution in [0.2, 0.25) is 0 Å². The van der Waals surface area contributed by atoms with E-state index in [0.29, 0.717) is 6.04 Å². The van der Waals surface area contributed by atoms with E-state index in [4.69, 9.17) is 4.74 Å². The van der Waals surface area contributed by atoms with E-state index in [9.17, 15) is 4.79 Å². The van der Waals surface area contributed by atoms with Crippen LogP contribution < -0.4 is 5.32 Å². The van der Waals surface area contributed by atoms with Crippen molar-refractivity contribution in [3.05, 3.63) is 0 Å². The van der Waals surface area contributed by atoms with Gasteiger partial charge >= 0.3 is 5.97 Å². The molecule has 1 saturated carbocycles. The average Bonchev–Trinajstić information content (AvgIpc) is 2.84. The summed E-state index contributed by atoms with van der Waals surface area (Å²) < 4.78 is 5.03. The van der Waals surface area contributed by atoms with Crippen molar-refractivity contribution in [1.29, 1.82) is 0 Å². The Kier molecular flexibility index (Phi) is 4.85. The first kappa shape index (κ1) is 14.8. The van der Waals surface area contributed by atoms with Crippen molar-refractivity contribution in [3.8, 4) is 0 Å². The lowest BCUT2D eigenvalue weighted by atomic mass is 9.95. The maximum absolute atomic E-state index is 12.1. The number of hydrogen-bond donors (Lipinski definition) is 1. The summed E-state index contributed by atoms with van der Waals surface area (Å²) in [6.45, 7) is 7.59. The highest BCUT2D eigenvalue weighted by Gasteiger charge is 2.47. The van der Waals surface area contributed by atoms with Crippen LogP contribution in [0.1, 0.15) is 46.0 Å². The number of carbonyl (C=O) groups is 1. The second-order valence-corrected chi connectivity index (χ2v) is 6.24. The van der Waals surface area contributed by atoms with Gasteiger partial charge in [-0.15, -0.1) is 0 Å². The largest absolute Gasteiger partial charge is 0.468 e. The number of methoxy groups -OCH3 is 1. The molecule has 0 aromatic heterocycles. The summed E-state index contributed by atoms with van der Waals surface area (Å²) in [5, 5.41) is 3.39. The Morgan fingerprint density at radius 3 is 2.89 bits per heavy atom. The number of piperidine rings is 1. The molecule has 1 aliphatic heterocycles. The van der Waals surface area contributed by atoms with Crippen LogP contribution in [0.5, 0.6) is 0 Å². The van der Waals surface area contributed by atoms with E-state index >= 15 is 0 Å². The molecule has 1 aliphatic carbocycles. The number of ether oxygens (including phenoxy) is 1. The number of nitrogens with zero attached hydrogens (tertiary/aromatic N) is 1. The van der Waals surface area contributed by atoms with Gasteiger partial charge in [0, 0.05) is 12.6 Å². The Morgan fingerprint density at radius 1 is 1.47 bits per heavy atom. The zero-order chi connectivity index (χ0) is 13.9. The monoisotopic (exact) mass is 268 g/mol. The van der Waals surface area contributed by atoms with Crippen molar-refractivity contribution in [3.63, 3.8) is 0 Å². The van der Waals surface area contributed by atoms with Crippen molar-refractivity contribution in [2.75, 3.05) is 26.7 Å². The van der Waals surface area contributed by atoms with Gasteiger partial charge in [-0.25, -0.2) is 0 Å². The highest BCUT2D eigenvalue weighted by Crippen LogP contribution is 2.35. The number of likely N-dealkylation sites (tertiary alicyclic amines) is 1. The topological polar surface area (TPSA) is 41.6 Å². The van der Waals surface area contributed by atoms with Gasteiger partial charge in [-0.3, -0.25) is 4.79 Å². The molecule has 0 radical (unpaired) electrons. The summed E-state index contributed by atoms with van der Waals surface area (Å²) in [6, 6.07) is 0.542. The van der Waals surface area contributed by atoms with Crippen LogP contribution in [0.4, 0.5) is 0 Å². The number of esters is 1. The standard InChI is InChI=1S/C15H28N2O2/c1-4-16-15(14(18)19-3)8-7-13(10-15)17-9-5-6-12(2)11-17/h12-13,16H,4-11H2,1-3H3. The summed E-state index contributed by atoms with van der Waals surface area (Å²) in [5.74, 6) is 0.711. The highest BCUT2D eigenvalue weighted by atomic mass is 16.5. The number of nitrogens with one attached hydrogen (secondary N) is 1. The fraction of sp³-hybridized carbons (Fsp3) is 0.933. The van der Waals surface area contributed by atoms with E-state index in [1.807, 2.05) is 0 Å². The molecule has 2 aliphatic rings. The molecule has 0 amide bonds. The normalized spacial score (nSPS) is 36.4. The molecule has 2 fully saturated rings. The van der Waals surface area contributed by atoms with Crippen LogP contribution in [0.3, 0.4) is 0 Å². The lowest BCUT2D eigenvalue weighted by Gasteiger charge is -2.36. The third-order valence-electron chi connectivity index (χ3n) is 4.78. The van der Waals surface area contributed by atoms with Gasteiger partial charge in [-0.2, -0.15) is 0 Å². The summed E-state index contributed by atoms with van der Waals surface area (Å²) in [7, 11) is 1.50. The fourth-order valence-electron chi connectivity index (χ4n) is 3.84. The zero-order valence-corrected chi connectivity index (χ0v) is 12.6. The van der Waals surface area contributed by atoms with Gasteiger partial charge in [0.2, 0.25) is 0 Å². The SMILES string of the molecule is CCNC1(C(=O)OC)CCC(N2CCCC(C)C2)C1. The predicted octanol–water partition coefficient (Wildman–Crippen LogP) is 1.79. The van der Waals surface area contributed by atoms with E-state index in [0.717, 1.165) is 31.7 Å². The van der Waals surface area contributed by atoms with Gasteiger partial charge in [-0.05, 0) is 51.1 Å². The number of rotatable bonds is 4. The van der Waals surface area contributed by atoms with E-state index in [1.165, 1.54) is 33.0 Å².